The third-order valence-electron chi connectivity index (χ3n) is 3.12. The normalized spacial score (nSPS) is 16.3. The lowest BCUT2D eigenvalue weighted by Crippen LogP contribution is -2.37. The van der Waals surface area contributed by atoms with Gasteiger partial charge in [-0.3, -0.25) is 4.79 Å². The zero-order valence-electron chi connectivity index (χ0n) is 12.5. The van der Waals surface area contributed by atoms with Crippen LogP contribution in [0.2, 0.25) is 0 Å². The van der Waals surface area contributed by atoms with Crippen LogP contribution < -0.4 is 20.1 Å². The minimum absolute atomic E-state index is 0.0108. The Bertz CT molecular complexity index is 613. The SMILES string of the molecule is N#C/C(=C/NCC1COc2ccccc2O1)C(=O)NCCCCl. The quantitative estimate of drug-likeness (QED) is 0.342. The van der Waals surface area contributed by atoms with E-state index in [2.05, 4.69) is 10.6 Å². The maximum atomic E-state index is 11.8. The van der Waals surface area contributed by atoms with Crippen molar-refractivity contribution in [2.45, 2.75) is 12.5 Å². The van der Waals surface area contributed by atoms with Gasteiger partial charge in [0.2, 0.25) is 0 Å². The van der Waals surface area contributed by atoms with Crippen LogP contribution in [-0.4, -0.2) is 37.6 Å². The van der Waals surface area contributed by atoms with E-state index in [1.165, 1.54) is 6.20 Å². The number of hydrogen-bond acceptors (Lipinski definition) is 5. The molecule has 6 nitrogen and oxygen atoms in total. The molecule has 0 radical (unpaired) electrons. The molecule has 0 bridgehead atoms. The van der Waals surface area contributed by atoms with Gasteiger partial charge in [0, 0.05) is 18.6 Å². The number of fused-ring (bicyclic) bond motifs is 1. The predicted molar refractivity (Wildman–Crippen MR) is 86.4 cm³/mol. The summed E-state index contributed by atoms with van der Waals surface area (Å²) >= 11 is 5.53. The van der Waals surface area contributed by atoms with E-state index >= 15 is 0 Å². The molecule has 0 saturated carbocycles. The number of para-hydroxylation sites is 2. The minimum Gasteiger partial charge on any atom is -0.486 e. The highest BCUT2D eigenvalue weighted by molar-refractivity contribution is 6.17. The van der Waals surface area contributed by atoms with Crippen LogP contribution >= 0.6 is 11.6 Å². The molecule has 1 aromatic rings. The second-order valence-corrected chi connectivity index (χ2v) is 5.25. The van der Waals surface area contributed by atoms with E-state index in [9.17, 15) is 4.79 Å². The first-order chi connectivity index (χ1) is 11.2. The van der Waals surface area contributed by atoms with Crippen LogP contribution in [0.5, 0.6) is 11.5 Å². The van der Waals surface area contributed by atoms with E-state index < -0.39 is 5.91 Å². The van der Waals surface area contributed by atoms with Crippen molar-refractivity contribution < 1.29 is 14.3 Å². The summed E-state index contributed by atoms with van der Waals surface area (Å²) in [4.78, 5) is 11.8. The molecule has 23 heavy (non-hydrogen) atoms. The first-order valence-electron chi connectivity index (χ1n) is 7.31. The third kappa shape index (κ3) is 5.08. The first-order valence-corrected chi connectivity index (χ1v) is 7.84. The second kappa shape index (κ2) is 8.91. The summed E-state index contributed by atoms with van der Waals surface area (Å²) in [6, 6.07) is 9.30. The zero-order chi connectivity index (χ0) is 16.5. The van der Waals surface area contributed by atoms with Gasteiger partial charge in [-0.1, -0.05) is 12.1 Å². The monoisotopic (exact) mass is 335 g/mol. The molecule has 1 atom stereocenters. The molecule has 1 unspecified atom stereocenters. The van der Waals surface area contributed by atoms with E-state index in [0.717, 1.165) is 5.75 Å². The summed E-state index contributed by atoms with van der Waals surface area (Å²) in [6.45, 7) is 1.27. The Morgan fingerprint density at radius 3 is 2.96 bits per heavy atom. The smallest absolute Gasteiger partial charge is 0.263 e. The Labute approximate surface area is 140 Å². The fourth-order valence-electron chi connectivity index (χ4n) is 1.97. The number of nitrogens with zero attached hydrogens (tertiary/aromatic N) is 1. The Balaban J connectivity index is 1.81. The average Bonchev–Trinajstić information content (AvgIpc) is 2.58. The predicted octanol–water partition coefficient (Wildman–Crippen LogP) is 1.57. The molecule has 0 aromatic heterocycles. The number of halogens is 1. The fraction of sp³-hybridized carbons (Fsp3) is 0.375. The lowest BCUT2D eigenvalue weighted by Gasteiger charge is -2.26. The lowest BCUT2D eigenvalue weighted by atomic mass is 10.2. The van der Waals surface area contributed by atoms with E-state index in [1.54, 1.807) is 0 Å². The van der Waals surface area contributed by atoms with Crippen molar-refractivity contribution in [3.8, 4) is 17.6 Å². The van der Waals surface area contributed by atoms with Crippen LogP contribution in [0.15, 0.2) is 36.0 Å². The van der Waals surface area contributed by atoms with Crippen molar-refractivity contribution in [2.75, 3.05) is 25.6 Å². The molecule has 2 N–H and O–H groups in total. The minimum atomic E-state index is -0.420. The number of carbonyl (C=O) groups excluding carboxylic acids is 1. The summed E-state index contributed by atoms with van der Waals surface area (Å²) in [7, 11) is 0. The van der Waals surface area contributed by atoms with E-state index in [-0.39, 0.29) is 11.7 Å². The third-order valence-corrected chi connectivity index (χ3v) is 3.39. The molecule has 7 heteroatoms. The van der Waals surface area contributed by atoms with Crippen LogP contribution in [0.3, 0.4) is 0 Å². The Morgan fingerprint density at radius 1 is 1.43 bits per heavy atom. The van der Waals surface area contributed by atoms with Crippen LogP contribution in [0.4, 0.5) is 0 Å². The molecule has 1 amide bonds. The van der Waals surface area contributed by atoms with Crippen LogP contribution in [-0.2, 0) is 4.79 Å². The number of carbonyl (C=O) groups is 1. The Kier molecular flexibility index (Phi) is 6.57. The van der Waals surface area contributed by atoms with Gasteiger partial charge in [0.25, 0.3) is 5.91 Å². The number of hydrogen-bond donors (Lipinski definition) is 2. The van der Waals surface area contributed by atoms with Gasteiger partial charge in [-0.2, -0.15) is 5.26 Å². The molecule has 0 spiro atoms. The second-order valence-electron chi connectivity index (χ2n) is 4.87. The number of rotatable bonds is 7. The van der Waals surface area contributed by atoms with Gasteiger partial charge in [0.1, 0.15) is 24.4 Å². The summed E-state index contributed by atoms with van der Waals surface area (Å²) in [5.74, 6) is 1.45. The number of benzene rings is 1. The molecule has 0 saturated heterocycles. The molecular weight excluding hydrogens is 318 g/mol. The van der Waals surface area contributed by atoms with E-state index in [1.807, 2.05) is 30.3 Å². The van der Waals surface area contributed by atoms with Crippen LogP contribution in [0.25, 0.3) is 0 Å². The van der Waals surface area contributed by atoms with Gasteiger partial charge in [0.05, 0.1) is 6.54 Å². The zero-order valence-corrected chi connectivity index (χ0v) is 13.3. The van der Waals surface area contributed by atoms with Gasteiger partial charge in [0.15, 0.2) is 11.5 Å². The van der Waals surface area contributed by atoms with Crippen molar-refractivity contribution in [3.63, 3.8) is 0 Å². The highest BCUT2D eigenvalue weighted by Gasteiger charge is 2.20. The highest BCUT2D eigenvalue weighted by Crippen LogP contribution is 2.30. The molecule has 2 rings (SSSR count). The summed E-state index contributed by atoms with van der Waals surface area (Å²) in [5, 5.41) is 14.6. The largest absolute Gasteiger partial charge is 0.486 e. The summed E-state index contributed by atoms with van der Waals surface area (Å²) in [5.41, 5.74) is 0.0108. The summed E-state index contributed by atoms with van der Waals surface area (Å²) in [6.07, 6.45) is 1.85. The molecule has 1 aromatic carbocycles. The first kappa shape index (κ1) is 17.0. The van der Waals surface area contributed by atoms with Crippen molar-refractivity contribution >= 4 is 17.5 Å². The average molecular weight is 336 g/mol. The van der Waals surface area contributed by atoms with Crippen molar-refractivity contribution in [2.24, 2.45) is 0 Å². The lowest BCUT2D eigenvalue weighted by molar-refractivity contribution is -0.117. The van der Waals surface area contributed by atoms with E-state index in [0.29, 0.717) is 37.7 Å². The highest BCUT2D eigenvalue weighted by atomic mass is 35.5. The Morgan fingerprint density at radius 2 is 2.22 bits per heavy atom. The van der Waals surface area contributed by atoms with Gasteiger partial charge in [-0.25, -0.2) is 0 Å². The molecular formula is C16H18ClN3O3. The van der Waals surface area contributed by atoms with Gasteiger partial charge in [-0.15, -0.1) is 11.6 Å². The van der Waals surface area contributed by atoms with Crippen molar-refractivity contribution in [3.05, 3.63) is 36.0 Å². The summed E-state index contributed by atoms with van der Waals surface area (Å²) < 4.78 is 11.4. The molecule has 1 heterocycles. The number of amides is 1. The van der Waals surface area contributed by atoms with Crippen molar-refractivity contribution in [1.29, 1.82) is 5.26 Å². The molecule has 0 fully saturated rings. The van der Waals surface area contributed by atoms with E-state index in [4.69, 9.17) is 26.3 Å². The van der Waals surface area contributed by atoms with Gasteiger partial charge < -0.3 is 20.1 Å². The number of ether oxygens (including phenoxy) is 2. The maximum Gasteiger partial charge on any atom is 0.263 e. The maximum absolute atomic E-state index is 11.8. The Hall–Kier alpha value is -2.39. The molecule has 0 aliphatic carbocycles. The topological polar surface area (TPSA) is 83.4 Å². The fourth-order valence-corrected chi connectivity index (χ4v) is 2.10. The number of alkyl halides is 1. The number of nitriles is 1. The molecule has 1 aliphatic rings. The van der Waals surface area contributed by atoms with Crippen LogP contribution in [0.1, 0.15) is 6.42 Å². The van der Waals surface area contributed by atoms with Crippen LogP contribution in [0, 0.1) is 11.3 Å². The molecule has 1 aliphatic heterocycles. The number of nitrogens with one attached hydrogen (secondary N) is 2. The standard InChI is InChI=1S/C16H18ClN3O3/c17-6-3-7-20-16(21)12(8-18)9-19-10-13-11-22-14-4-1-2-5-15(14)23-13/h1-2,4-5,9,13,19H,3,6-7,10-11H2,(H,20,21)/b12-9-. The van der Waals surface area contributed by atoms with Gasteiger partial charge in [-0.05, 0) is 18.6 Å². The molecule has 122 valence electrons. The van der Waals surface area contributed by atoms with Crippen molar-refractivity contribution in [1.82, 2.24) is 10.6 Å². The van der Waals surface area contributed by atoms with Gasteiger partial charge >= 0.3 is 0 Å².